The molecule has 1 saturated heterocycles. The molecule has 1 aliphatic carbocycles. The van der Waals surface area contributed by atoms with Crippen LogP contribution in [0.3, 0.4) is 0 Å². The third-order valence-electron chi connectivity index (χ3n) is 6.40. The molecule has 1 fully saturated rings. The van der Waals surface area contributed by atoms with Crippen molar-refractivity contribution in [2.75, 3.05) is 27.3 Å². The second kappa shape index (κ2) is 10.5. The van der Waals surface area contributed by atoms with E-state index in [2.05, 4.69) is 39.3 Å². The van der Waals surface area contributed by atoms with Crippen molar-refractivity contribution >= 4 is 24.2 Å². The van der Waals surface area contributed by atoms with Gasteiger partial charge in [0.15, 0.2) is 0 Å². The number of ether oxygens (including phenoxy) is 2. The highest BCUT2D eigenvalue weighted by Gasteiger charge is 2.37. The molecule has 1 N–H and O–H groups in total. The number of nitrogens with zero attached hydrogens (tertiary/aromatic N) is 2. The molecule has 2 amide bonds. The van der Waals surface area contributed by atoms with Crippen LogP contribution >= 0.6 is 0 Å². The third-order valence-corrected chi connectivity index (χ3v) is 6.40. The summed E-state index contributed by atoms with van der Waals surface area (Å²) in [5.41, 5.74) is 4.59. The lowest BCUT2D eigenvalue weighted by Gasteiger charge is -2.25. The van der Waals surface area contributed by atoms with Crippen LogP contribution < -0.4 is 5.32 Å². The van der Waals surface area contributed by atoms with Crippen molar-refractivity contribution in [1.82, 2.24) is 10.2 Å². The molecule has 2 atom stereocenters. The number of amides is 2. The first-order valence-electron chi connectivity index (χ1n) is 11.4. The maximum atomic E-state index is 13.0. The molecule has 0 radical (unpaired) electrons. The van der Waals surface area contributed by atoms with E-state index in [1.807, 2.05) is 24.3 Å². The maximum absolute atomic E-state index is 13.0. The second-order valence-corrected chi connectivity index (χ2v) is 8.46. The summed E-state index contributed by atoms with van der Waals surface area (Å²) in [6.07, 6.45) is 2.18. The van der Waals surface area contributed by atoms with Gasteiger partial charge in [-0.3, -0.25) is 19.5 Å². The maximum Gasteiger partial charge on any atom is 0.410 e. The van der Waals surface area contributed by atoms with Gasteiger partial charge in [-0.25, -0.2) is 4.79 Å². The first-order valence-corrected chi connectivity index (χ1v) is 11.4. The molecule has 2 aromatic carbocycles. The van der Waals surface area contributed by atoms with Crippen LogP contribution in [0.25, 0.3) is 11.1 Å². The zero-order valence-electron chi connectivity index (χ0n) is 19.4. The molecule has 2 aliphatic rings. The van der Waals surface area contributed by atoms with E-state index in [4.69, 9.17) is 4.74 Å². The standard InChI is InChI=1S/C26H29N3O5/c1-27-15-17(14-24(30)33-2)28-25(31)23-12-7-13-29(23)26(32)34-16-22-20-10-5-3-8-18(20)19-9-4-6-11-21(19)22/h3-6,8-11,15,17,22-23H,7,12-14,16H2,1-2H3,(H,28,31)/t17-,23-/m0/s1. The van der Waals surface area contributed by atoms with E-state index >= 15 is 0 Å². The van der Waals surface area contributed by atoms with Crippen molar-refractivity contribution in [3.05, 3.63) is 59.7 Å². The number of methoxy groups -OCH3 is 1. The van der Waals surface area contributed by atoms with Gasteiger partial charge in [-0.2, -0.15) is 0 Å². The van der Waals surface area contributed by atoms with E-state index < -0.39 is 24.1 Å². The number of esters is 1. The summed E-state index contributed by atoms with van der Waals surface area (Å²) in [6, 6.07) is 15.0. The van der Waals surface area contributed by atoms with Crippen LogP contribution in [0.4, 0.5) is 4.79 Å². The highest BCUT2D eigenvalue weighted by atomic mass is 16.6. The quantitative estimate of drug-likeness (QED) is 0.503. The molecule has 0 bridgehead atoms. The van der Waals surface area contributed by atoms with Crippen molar-refractivity contribution < 1.29 is 23.9 Å². The molecule has 34 heavy (non-hydrogen) atoms. The normalized spacial score (nSPS) is 17.8. The Bertz CT molecular complexity index is 1050. The Balaban J connectivity index is 1.41. The highest BCUT2D eigenvalue weighted by Crippen LogP contribution is 2.44. The Labute approximate surface area is 199 Å². The molecule has 1 aliphatic heterocycles. The molecule has 0 unspecified atom stereocenters. The fourth-order valence-corrected chi connectivity index (χ4v) is 4.80. The van der Waals surface area contributed by atoms with Crippen LogP contribution in [0.1, 0.15) is 36.3 Å². The van der Waals surface area contributed by atoms with Crippen LogP contribution in [0.15, 0.2) is 53.5 Å². The second-order valence-electron chi connectivity index (χ2n) is 8.46. The zero-order chi connectivity index (χ0) is 24.1. The number of hydrogen-bond acceptors (Lipinski definition) is 6. The average molecular weight is 464 g/mol. The smallest absolute Gasteiger partial charge is 0.410 e. The summed E-state index contributed by atoms with van der Waals surface area (Å²) in [5, 5.41) is 2.79. The molecule has 0 saturated carbocycles. The number of hydrogen-bond donors (Lipinski definition) is 1. The minimum Gasteiger partial charge on any atom is -0.469 e. The van der Waals surface area contributed by atoms with Gasteiger partial charge in [0.2, 0.25) is 5.91 Å². The first-order chi connectivity index (χ1) is 16.5. The molecule has 4 rings (SSSR count). The topological polar surface area (TPSA) is 97.3 Å². The predicted octanol–water partition coefficient (Wildman–Crippen LogP) is 3.15. The van der Waals surface area contributed by atoms with Crippen LogP contribution in [0, 0.1) is 0 Å². The Morgan fingerprint density at radius 3 is 2.38 bits per heavy atom. The van der Waals surface area contributed by atoms with E-state index in [0.717, 1.165) is 22.3 Å². The van der Waals surface area contributed by atoms with Crippen molar-refractivity contribution in [2.24, 2.45) is 4.99 Å². The highest BCUT2D eigenvalue weighted by molar-refractivity contribution is 5.89. The van der Waals surface area contributed by atoms with Gasteiger partial charge in [0, 0.05) is 25.7 Å². The molecule has 8 nitrogen and oxygen atoms in total. The lowest BCUT2D eigenvalue weighted by atomic mass is 9.98. The average Bonchev–Trinajstić information content (AvgIpc) is 3.46. The van der Waals surface area contributed by atoms with Gasteiger partial charge >= 0.3 is 12.1 Å². The number of carbonyl (C=O) groups excluding carboxylic acids is 3. The van der Waals surface area contributed by atoms with E-state index in [9.17, 15) is 14.4 Å². The van der Waals surface area contributed by atoms with Gasteiger partial charge in [-0.15, -0.1) is 0 Å². The van der Waals surface area contributed by atoms with Gasteiger partial charge in [0.1, 0.15) is 12.6 Å². The van der Waals surface area contributed by atoms with Crippen LogP contribution in [-0.4, -0.2) is 68.5 Å². The zero-order valence-corrected chi connectivity index (χ0v) is 19.4. The molecule has 0 spiro atoms. The first kappa shape index (κ1) is 23.5. The number of fused-ring (bicyclic) bond motifs is 3. The van der Waals surface area contributed by atoms with Gasteiger partial charge < -0.3 is 14.8 Å². The van der Waals surface area contributed by atoms with E-state index in [1.54, 1.807) is 7.05 Å². The summed E-state index contributed by atoms with van der Waals surface area (Å²) < 4.78 is 10.4. The summed E-state index contributed by atoms with van der Waals surface area (Å²) in [5.74, 6) is -0.832. The molecule has 1 heterocycles. The molecular formula is C26H29N3O5. The molecular weight excluding hydrogens is 434 g/mol. The van der Waals surface area contributed by atoms with E-state index in [-0.39, 0.29) is 24.9 Å². The Morgan fingerprint density at radius 1 is 1.12 bits per heavy atom. The number of likely N-dealkylation sites (tertiary alicyclic amines) is 1. The van der Waals surface area contributed by atoms with E-state index in [0.29, 0.717) is 19.4 Å². The minimum absolute atomic E-state index is 0.0305. The fourth-order valence-electron chi connectivity index (χ4n) is 4.80. The molecule has 2 aromatic rings. The monoisotopic (exact) mass is 463 g/mol. The third kappa shape index (κ3) is 4.81. The predicted molar refractivity (Wildman–Crippen MR) is 128 cm³/mol. The summed E-state index contributed by atoms with van der Waals surface area (Å²) >= 11 is 0. The molecule has 8 heteroatoms. The number of aliphatic imine (C=N–C) groups is 1. The number of nitrogens with one attached hydrogen (secondary N) is 1. The van der Waals surface area contributed by atoms with Crippen LogP contribution in [-0.2, 0) is 19.1 Å². The van der Waals surface area contributed by atoms with Gasteiger partial charge in [0.05, 0.1) is 19.6 Å². The summed E-state index contributed by atoms with van der Waals surface area (Å²) in [6.45, 7) is 0.642. The van der Waals surface area contributed by atoms with Crippen LogP contribution in [0.5, 0.6) is 0 Å². The minimum atomic E-state index is -0.652. The van der Waals surface area contributed by atoms with Crippen molar-refractivity contribution in [1.29, 1.82) is 0 Å². The Morgan fingerprint density at radius 2 is 1.76 bits per heavy atom. The van der Waals surface area contributed by atoms with Crippen molar-refractivity contribution in [2.45, 2.75) is 37.3 Å². The van der Waals surface area contributed by atoms with Gasteiger partial charge in [-0.05, 0) is 35.1 Å². The fraction of sp³-hybridized carbons (Fsp3) is 0.385. The van der Waals surface area contributed by atoms with Gasteiger partial charge in [0.25, 0.3) is 0 Å². The lowest BCUT2D eigenvalue weighted by molar-refractivity contribution is -0.140. The molecule has 178 valence electrons. The molecule has 0 aromatic heterocycles. The number of carbonyl (C=O) groups is 3. The van der Waals surface area contributed by atoms with Crippen LogP contribution in [0.2, 0.25) is 0 Å². The van der Waals surface area contributed by atoms with E-state index in [1.165, 1.54) is 18.2 Å². The van der Waals surface area contributed by atoms with Gasteiger partial charge in [-0.1, -0.05) is 48.5 Å². The number of rotatable bonds is 7. The van der Waals surface area contributed by atoms with Crippen molar-refractivity contribution in [3.63, 3.8) is 0 Å². The Hall–Kier alpha value is -3.68. The van der Waals surface area contributed by atoms with Crippen molar-refractivity contribution in [3.8, 4) is 11.1 Å². The largest absolute Gasteiger partial charge is 0.469 e. The summed E-state index contributed by atoms with van der Waals surface area (Å²) in [4.78, 5) is 43.0. The SMILES string of the molecule is CN=C[C@H](CC(=O)OC)NC(=O)[C@@H]1CCCN1C(=O)OCC1c2ccccc2-c2ccccc21. The number of benzene rings is 2. The summed E-state index contributed by atoms with van der Waals surface area (Å²) in [7, 11) is 2.86. The lowest BCUT2D eigenvalue weighted by Crippen LogP contribution is -2.50. The Kier molecular flexibility index (Phi) is 7.25.